The van der Waals surface area contributed by atoms with Gasteiger partial charge in [0.1, 0.15) is 0 Å². The van der Waals surface area contributed by atoms with Crippen LogP contribution in [0.4, 0.5) is 5.69 Å². The van der Waals surface area contributed by atoms with Crippen molar-refractivity contribution in [3.8, 4) is 0 Å². The number of methoxy groups -OCH3 is 1. The van der Waals surface area contributed by atoms with Crippen molar-refractivity contribution < 1.29 is 9.53 Å². The second kappa shape index (κ2) is 8.87. The fourth-order valence-electron chi connectivity index (χ4n) is 1.90. The molecular formula is C15H24ClN3O2. The summed E-state index contributed by atoms with van der Waals surface area (Å²) < 4.78 is 5.01. The Morgan fingerprint density at radius 3 is 2.67 bits per heavy atom. The summed E-state index contributed by atoms with van der Waals surface area (Å²) in [6.45, 7) is 2.35. The average Bonchev–Trinajstić information content (AvgIpc) is 2.44. The smallest absolute Gasteiger partial charge is 0.241 e. The number of carbonyl (C=O) groups is 1. The van der Waals surface area contributed by atoms with E-state index in [9.17, 15) is 4.79 Å². The number of amides is 1. The second-order valence-corrected chi connectivity index (χ2v) is 5.46. The van der Waals surface area contributed by atoms with E-state index in [1.165, 1.54) is 0 Å². The molecule has 0 aliphatic rings. The summed E-state index contributed by atoms with van der Waals surface area (Å²) in [5.74, 6) is 0.0516. The van der Waals surface area contributed by atoms with Crippen molar-refractivity contribution >= 4 is 23.2 Å². The van der Waals surface area contributed by atoms with Crippen molar-refractivity contribution in [1.82, 2.24) is 10.2 Å². The van der Waals surface area contributed by atoms with Gasteiger partial charge in [0.2, 0.25) is 5.91 Å². The van der Waals surface area contributed by atoms with Crippen molar-refractivity contribution in [2.75, 3.05) is 52.8 Å². The maximum atomic E-state index is 11.8. The zero-order chi connectivity index (χ0) is 15.8. The monoisotopic (exact) mass is 313 g/mol. The fraction of sp³-hybridized carbons (Fsp3) is 0.533. The molecule has 5 nitrogen and oxygen atoms in total. The quantitative estimate of drug-likeness (QED) is 0.741. The molecule has 0 spiro atoms. The lowest BCUT2D eigenvalue weighted by molar-refractivity contribution is -0.127. The van der Waals surface area contributed by atoms with Gasteiger partial charge >= 0.3 is 0 Å². The lowest BCUT2D eigenvalue weighted by Gasteiger charge is -2.24. The average molecular weight is 314 g/mol. The predicted octanol–water partition coefficient (Wildman–Crippen LogP) is 1.60. The van der Waals surface area contributed by atoms with Crippen molar-refractivity contribution in [1.29, 1.82) is 0 Å². The van der Waals surface area contributed by atoms with E-state index in [0.717, 1.165) is 17.8 Å². The predicted molar refractivity (Wildman–Crippen MR) is 87.0 cm³/mol. The number of rotatable bonds is 8. The van der Waals surface area contributed by atoms with Gasteiger partial charge < -0.3 is 19.9 Å². The topological polar surface area (TPSA) is 44.8 Å². The summed E-state index contributed by atoms with van der Waals surface area (Å²) in [6.07, 6.45) is 0. The van der Waals surface area contributed by atoms with Crippen molar-refractivity contribution in [2.45, 2.75) is 6.54 Å². The van der Waals surface area contributed by atoms with Gasteiger partial charge in [-0.25, -0.2) is 0 Å². The van der Waals surface area contributed by atoms with Crippen molar-refractivity contribution in [3.63, 3.8) is 0 Å². The van der Waals surface area contributed by atoms with E-state index < -0.39 is 0 Å². The fourth-order valence-corrected chi connectivity index (χ4v) is 2.13. The van der Waals surface area contributed by atoms with Crippen LogP contribution in [-0.4, -0.2) is 58.8 Å². The molecular weight excluding hydrogens is 290 g/mol. The minimum Gasteiger partial charge on any atom is -0.383 e. The van der Waals surface area contributed by atoms with E-state index in [1.807, 2.05) is 30.1 Å². The largest absolute Gasteiger partial charge is 0.383 e. The minimum absolute atomic E-state index is 0.0516. The van der Waals surface area contributed by atoms with Gasteiger partial charge in [0.25, 0.3) is 0 Å². The summed E-state index contributed by atoms with van der Waals surface area (Å²) in [7, 11) is 7.07. The Bertz CT molecular complexity index is 466. The van der Waals surface area contributed by atoms with Gasteiger partial charge in [0.15, 0.2) is 0 Å². The molecule has 0 bridgehead atoms. The Morgan fingerprint density at radius 1 is 1.33 bits per heavy atom. The molecule has 1 rings (SSSR count). The molecule has 1 amide bonds. The highest BCUT2D eigenvalue weighted by molar-refractivity contribution is 6.31. The van der Waals surface area contributed by atoms with Crippen LogP contribution in [-0.2, 0) is 16.1 Å². The van der Waals surface area contributed by atoms with E-state index in [4.69, 9.17) is 16.3 Å². The number of nitrogens with zero attached hydrogens (tertiary/aromatic N) is 2. The highest BCUT2D eigenvalue weighted by atomic mass is 35.5. The number of hydrogen-bond acceptors (Lipinski definition) is 4. The third kappa shape index (κ3) is 5.53. The number of anilines is 1. The highest BCUT2D eigenvalue weighted by Gasteiger charge is 2.14. The number of ether oxygens (including phenoxy) is 1. The maximum Gasteiger partial charge on any atom is 0.241 e. The molecule has 0 aliphatic carbocycles. The molecule has 0 saturated heterocycles. The number of likely N-dealkylation sites (N-methyl/N-ethyl adjacent to an activating group) is 2. The first-order chi connectivity index (χ1) is 9.97. The third-order valence-corrected chi connectivity index (χ3v) is 3.52. The third-order valence-electron chi connectivity index (χ3n) is 3.16. The summed E-state index contributed by atoms with van der Waals surface area (Å²) in [5, 5.41) is 3.98. The molecule has 118 valence electrons. The summed E-state index contributed by atoms with van der Waals surface area (Å²) in [5.41, 5.74) is 1.95. The molecule has 0 heterocycles. The van der Waals surface area contributed by atoms with Gasteiger partial charge in [0, 0.05) is 57.6 Å². The summed E-state index contributed by atoms with van der Waals surface area (Å²) in [4.78, 5) is 15.3. The first-order valence-electron chi connectivity index (χ1n) is 6.85. The Labute approximate surface area is 131 Å². The molecule has 1 aromatic carbocycles. The maximum absolute atomic E-state index is 11.8. The molecule has 0 atom stereocenters. The standard InChI is InChI=1S/C15H24ClN3O2/c1-18(2)15(20)11-19(3)14-7-5-6-13(16)12(14)10-17-8-9-21-4/h5-7,17H,8-11H2,1-4H3. The first kappa shape index (κ1) is 17.8. The Kier molecular flexibility index (Phi) is 7.50. The van der Waals surface area contributed by atoms with Gasteiger partial charge in [-0.1, -0.05) is 17.7 Å². The lowest BCUT2D eigenvalue weighted by atomic mass is 10.1. The minimum atomic E-state index is 0.0516. The molecule has 0 fully saturated rings. The second-order valence-electron chi connectivity index (χ2n) is 5.05. The van der Waals surface area contributed by atoms with Crippen LogP contribution in [0.1, 0.15) is 5.56 Å². The zero-order valence-electron chi connectivity index (χ0n) is 13.1. The van der Waals surface area contributed by atoms with Crippen LogP contribution < -0.4 is 10.2 Å². The van der Waals surface area contributed by atoms with Crippen molar-refractivity contribution in [3.05, 3.63) is 28.8 Å². The van der Waals surface area contributed by atoms with Crippen LogP contribution in [0.15, 0.2) is 18.2 Å². The first-order valence-corrected chi connectivity index (χ1v) is 7.23. The van der Waals surface area contributed by atoms with Gasteiger partial charge in [0.05, 0.1) is 13.2 Å². The van der Waals surface area contributed by atoms with Crippen LogP contribution >= 0.6 is 11.6 Å². The number of carbonyl (C=O) groups excluding carboxylic acids is 1. The Morgan fingerprint density at radius 2 is 2.05 bits per heavy atom. The van der Waals surface area contributed by atoms with Crippen LogP contribution in [0, 0.1) is 0 Å². The van der Waals surface area contributed by atoms with Gasteiger partial charge in [-0.3, -0.25) is 4.79 Å². The lowest BCUT2D eigenvalue weighted by Crippen LogP contribution is -2.35. The number of nitrogens with one attached hydrogen (secondary N) is 1. The van der Waals surface area contributed by atoms with Crippen LogP contribution in [0.2, 0.25) is 5.02 Å². The molecule has 21 heavy (non-hydrogen) atoms. The van der Waals surface area contributed by atoms with Crippen LogP contribution in [0.3, 0.4) is 0 Å². The molecule has 0 unspecified atom stereocenters. The highest BCUT2D eigenvalue weighted by Crippen LogP contribution is 2.26. The van der Waals surface area contributed by atoms with E-state index in [-0.39, 0.29) is 5.91 Å². The molecule has 1 N–H and O–H groups in total. The van der Waals surface area contributed by atoms with Gasteiger partial charge in [-0.2, -0.15) is 0 Å². The SMILES string of the molecule is COCCNCc1c(Cl)cccc1N(C)CC(=O)N(C)C. The molecule has 0 aromatic heterocycles. The Hall–Kier alpha value is -1.30. The van der Waals surface area contributed by atoms with Crippen LogP contribution in [0.5, 0.6) is 0 Å². The molecule has 0 saturated carbocycles. The van der Waals surface area contributed by atoms with Gasteiger partial charge in [-0.15, -0.1) is 0 Å². The van der Waals surface area contributed by atoms with E-state index in [0.29, 0.717) is 24.7 Å². The zero-order valence-corrected chi connectivity index (χ0v) is 13.9. The van der Waals surface area contributed by atoms with E-state index in [1.54, 1.807) is 26.1 Å². The normalized spacial score (nSPS) is 10.5. The molecule has 0 aliphatic heterocycles. The van der Waals surface area contributed by atoms with Crippen LogP contribution in [0.25, 0.3) is 0 Å². The van der Waals surface area contributed by atoms with Crippen molar-refractivity contribution in [2.24, 2.45) is 0 Å². The Balaban J connectivity index is 2.80. The summed E-state index contributed by atoms with van der Waals surface area (Å²) in [6, 6.07) is 5.73. The van der Waals surface area contributed by atoms with E-state index in [2.05, 4.69) is 5.32 Å². The number of benzene rings is 1. The number of halogens is 1. The molecule has 0 radical (unpaired) electrons. The summed E-state index contributed by atoms with van der Waals surface area (Å²) >= 11 is 6.29. The molecule has 6 heteroatoms. The number of hydrogen-bond donors (Lipinski definition) is 1. The van der Waals surface area contributed by atoms with E-state index >= 15 is 0 Å². The van der Waals surface area contributed by atoms with Gasteiger partial charge in [-0.05, 0) is 12.1 Å². The molecule has 1 aromatic rings.